The average Bonchev–Trinajstić information content (AvgIpc) is 3.31. The fourth-order valence-electron chi connectivity index (χ4n) is 9.92. The van der Waals surface area contributed by atoms with E-state index in [0.717, 1.165) is 66.9 Å². The Kier molecular flexibility index (Phi) is 9.41. The molecule has 4 aliphatic carbocycles. The molecule has 0 N–H and O–H groups in total. The monoisotopic (exact) mass is 560 g/mol. The number of hydrogen-bond donors (Lipinski definition) is 0. The lowest BCUT2D eigenvalue weighted by molar-refractivity contribution is -0.0594. The van der Waals surface area contributed by atoms with E-state index in [1.807, 2.05) is 30.3 Å². The van der Waals surface area contributed by atoms with Crippen LogP contribution in [-0.4, -0.2) is 18.7 Å². The second-order valence-corrected chi connectivity index (χ2v) is 15.0. The minimum atomic E-state index is -0.210. The molecule has 3 heteroatoms. The van der Waals surface area contributed by atoms with E-state index in [4.69, 9.17) is 9.47 Å². The molecule has 1 aromatic carbocycles. The van der Waals surface area contributed by atoms with Gasteiger partial charge in [0.25, 0.3) is 0 Å². The third-order valence-electron chi connectivity index (χ3n) is 12.2. The third-order valence-corrected chi connectivity index (χ3v) is 12.2. The normalized spacial score (nSPS) is 35.1. The van der Waals surface area contributed by atoms with Crippen LogP contribution in [0.15, 0.2) is 48.6 Å². The van der Waals surface area contributed by atoms with E-state index in [1.165, 1.54) is 51.4 Å². The van der Waals surface area contributed by atoms with Crippen molar-refractivity contribution in [1.82, 2.24) is 0 Å². The zero-order valence-electron chi connectivity index (χ0n) is 26.6. The molecule has 3 fully saturated rings. The first-order valence-electron chi connectivity index (χ1n) is 16.9. The number of allylic oxidation sites excluding steroid dienone is 1. The van der Waals surface area contributed by atoms with Gasteiger partial charge in [-0.1, -0.05) is 71.6 Å². The average molecular weight is 561 g/mol. The molecule has 0 aliphatic heterocycles. The molecular formula is C38H56O3. The number of carbonyl (C=O) groups excluding carboxylic acids is 1. The molecule has 1 aromatic rings. The van der Waals surface area contributed by atoms with Gasteiger partial charge in [0, 0.05) is 6.42 Å². The molecule has 226 valence electrons. The van der Waals surface area contributed by atoms with Crippen molar-refractivity contribution >= 4 is 5.97 Å². The Balaban J connectivity index is 1.20. The summed E-state index contributed by atoms with van der Waals surface area (Å²) in [5.41, 5.74) is 2.99. The van der Waals surface area contributed by atoms with Gasteiger partial charge in [-0.2, -0.15) is 0 Å². The summed E-state index contributed by atoms with van der Waals surface area (Å²) in [6.07, 6.45) is 19.4. The molecule has 0 bridgehead atoms. The van der Waals surface area contributed by atoms with E-state index in [1.54, 1.807) is 5.57 Å². The fourth-order valence-corrected chi connectivity index (χ4v) is 9.92. The Bertz CT molecular complexity index is 1090. The Labute approximate surface area is 250 Å². The van der Waals surface area contributed by atoms with Gasteiger partial charge in [-0.15, -0.1) is 6.58 Å². The second-order valence-electron chi connectivity index (χ2n) is 15.0. The molecule has 3 saturated carbocycles. The standard InChI is InChI=1S/C38H56O3/c1-7-8-24-40-30-15-12-28(13-16-30)36(39)41-31-20-22-37(5)29(25-31)14-17-32-34-19-18-33(27(4)11-9-10-26(2)3)38(34,6)23-21-35(32)37/h7,12-16,26-27,31-35H,1,8-11,17-25H2,2-6H3/t27-,31+,32+,33-,34+,35+,37+,38-/m1/s1. The molecule has 41 heavy (non-hydrogen) atoms. The largest absolute Gasteiger partial charge is 0.493 e. The topological polar surface area (TPSA) is 35.5 Å². The molecule has 0 radical (unpaired) electrons. The summed E-state index contributed by atoms with van der Waals surface area (Å²) >= 11 is 0. The number of fused-ring (bicyclic) bond motifs is 5. The maximum Gasteiger partial charge on any atom is 0.338 e. The van der Waals surface area contributed by atoms with Crippen LogP contribution in [0, 0.1) is 46.3 Å². The van der Waals surface area contributed by atoms with Gasteiger partial charge in [-0.05, 0) is 122 Å². The summed E-state index contributed by atoms with van der Waals surface area (Å²) in [4.78, 5) is 13.0. The highest BCUT2D eigenvalue weighted by atomic mass is 16.5. The predicted molar refractivity (Wildman–Crippen MR) is 169 cm³/mol. The summed E-state index contributed by atoms with van der Waals surface area (Å²) in [6.45, 7) is 16.9. The van der Waals surface area contributed by atoms with E-state index in [0.29, 0.717) is 17.6 Å². The van der Waals surface area contributed by atoms with E-state index in [-0.39, 0.29) is 17.5 Å². The van der Waals surface area contributed by atoms with Gasteiger partial charge in [0.05, 0.1) is 12.2 Å². The SMILES string of the molecule is C=CCCOc1ccc(C(=O)O[C@H]2CC[C@@]3(C)C(=CC[C@H]4[C@@H]5CC[C@H]([C@H](C)CCCC(C)C)[C@@]5(C)CC[C@@H]43)C2)cc1. The molecule has 0 aromatic heterocycles. The van der Waals surface area contributed by atoms with Crippen LogP contribution in [0.2, 0.25) is 0 Å². The smallest absolute Gasteiger partial charge is 0.338 e. The van der Waals surface area contributed by atoms with E-state index < -0.39 is 0 Å². The van der Waals surface area contributed by atoms with Gasteiger partial charge in [-0.3, -0.25) is 0 Å². The molecule has 0 spiro atoms. The Hall–Kier alpha value is -2.03. The number of benzene rings is 1. The highest BCUT2D eigenvalue weighted by molar-refractivity contribution is 5.89. The lowest BCUT2D eigenvalue weighted by Crippen LogP contribution is -2.51. The van der Waals surface area contributed by atoms with Crippen molar-refractivity contribution in [3.8, 4) is 5.75 Å². The van der Waals surface area contributed by atoms with E-state index in [2.05, 4.69) is 47.3 Å². The third kappa shape index (κ3) is 6.21. The number of rotatable bonds is 11. The predicted octanol–water partition coefficient (Wildman–Crippen LogP) is 10.2. The molecule has 4 aliphatic rings. The fraction of sp³-hybridized carbons (Fsp3) is 0.711. The highest BCUT2D eigenvalue weighted by Crippen LogP contribution is 2.67. The summed E-state index contributed by atoms with van der Waals surface area (Å²) in [5, 5.41) is 0. The lowest BCUT2D eigenvalue weighted by Gasteiger charge is -2.58. The second kappa shape index (κ2) is 12.7. The molecule has 3 nitrogen and oxygen atoms in total. The van der Waals surface area contributed by atoms with Crippen molar-refractivity contribution in [3.63, 3.8) is 0 Å². The zero-order chi connectivity index (χ0) is 29.2. The van der Waals surface area contributed by atoms with Gasteiger partial charge >= 0.3 is 5.97 Å². The number of esters is 1. The van der Waals surface area contributed by atoms with Crippen LogP contribution in [0.25, 0.3) is 0 Å². The molecule has 0 saturated heterocycles. The van der Waals surface area contributed by atoms with Gasteiger partial charge in [0.2, 0.25) is 0 Å². The molecule has 5 rings (SSSR count). The number of ether oxygens (including phenoxy) is 2. The van der Waals surface area contributed by atoms with Crippen molar-refractivity contribution in [2.24, 2.45) is 46.3 Å². The maximum absolute atomic E-state index is 13.0. The summed E-state index contributed by atoms with van der Waals surface area (Å²) in [6, 6.07) is 7.36. The van der Waals surface area contributed by atoms with Gasteiger partial charge in [-0.25, -0.2) is 4.79 Å². The number of carbonyl (C=O) groups is 1. The molecule has 0 unspecified atom stereocenters. The molecular weight excluding hydrogens is 504 g/mol. The van der Waals surface area contributed by atoms with Crippen LogP contribution in [0.5, 0.6) is 5.75 Å². The summed E-state index contributed by atoms with van der Waals surface area (Å²) in [7, 11) is 0. The Morgan fingerprint density at radius 2 is 1.80 bits per heavy atom. The molecule has 0 amide bonds. The van der Waals surface area contributed by atoms with Crippen molar-refractivity contribution in [2.45, 2.75) is 118 Å². The summed E-state index contributed by atoms with van der Waals surface area (Å²) < 4.78 is 11.8. The first kappa shape index (κ1) is 30.4. The van der Waals surface area contributed by atoms with Crippen LogP contribution in [0.3, 0.4) is 0 Å². The van der Waals surface area contributed by atoms with Crippen LogP contribution in [0.4, 0.5) is 0 Å². The van der Waals surface area contributed by atoms with Crippen LogP contribution in [-0.2, 0) is 4.74 Å². The first-order chi connectivity index (χ1) is 19.7. The van der Waals surface area contributed by atoms with Gasteiger partial charge in [0.15, 0.2) is 0 Å². The van der Waals surface area contributed by atoms with Crippen LogP contribution in [0.1, 0.15) is 122 Å². The quantitative estimate of drug-likeness (QED) is 0.153. The highest BCUT2D eigenvalue weighted by Gasteiger charge is 2.59. The summed E-state index contributed by atoms with van der Waals surface area (Å²) in [5.74, 6) is 5.66. The molecule has 0 heterocycles. The minimum absolute atomic E-state index is 0.0155. The number of hydrogen-bond acceptors (Lipinski definition) is 3. The minimum Gasteiger partial charge on any atom is -0.493 e. The zero-order valence-corrected chi connectivity index (χ0v) is 26.6. The van der Waals surface area contributed by atoms with E-state index in [9.17, 15) is 4.79 Å². The van der Waals surface area contributed by atoms with Gasteiger partial charge < -0.3 is 9.47 Å². The molecule has 8 atom stereocenters. The van der Waals surface area contributed by atoms with Crippen molar-refractivity contribution in [3.05, 3.63) is 54.1 Å². The maximum atomic E-state index is 13.0. The first-order valence-corrected chi connectivity index (χ1v) is 16.9. The van der Waals surface area contributed by atoms with Crippen molar-refractivity contribution in [1.29, 1.82) is 0 Å². The Morgan fingerprint density at radius 3 is 2.54 bits per heavy atom. The Morgan fingerprint density at radius 1 is 1.02 bits per heavy atom. The van der Waals surface area contributed by atoms with Crippen molar-refractivity contribution < 1.29 is 14.3 Å². The van der Waals surface area contributed by atoms with E-state index >= 15 is 0 Å². The van der Waals surface area contributed by atoms with Crippen LogP contribution < -0.4 is 4.74 Å². The lowest BCUT2D eigenvalue weighted by atomic mass is 9.47. The van der Waals surface area contributed by atoms with Crippen LogP contribution >= 0.6 is 0 Å². The van der Waals surface area contributed by atoms with Crippen molar-refractivity contribution in [2.75, 3.05) is 6.61 Å². The van der Waals surface area contributed by atoms with Gasteiger partial charge in [0.1, 0.15) is 11.9 Å².